The average molecular weight is 286 g/mol. The molecule has 0 N–H and O–H groups in total. The highest BCUT2D eigenvalue weighted by Gasteiger charge is 2.11. The second-order valence-electron chi connectivity index (χ2n) is 4.10. The molecule has 0 aliphatic rings. The van der Waals surface area contributed by atoms with Crippen molar-refractivity contribution in [2.75, 3.05) is 13.7 Å². The summed E-state index contributed by atoms with van der Waals surface area (Å²) in [7, 11) is 1.43. The van der Waals surface area contributed by atoms with Crippen molar-refractivity contribution < 1.29 is 23.8 Å². The number of rotatable bonds is 6. The molecule has 2 aromatic rings. The average Bonchev–Trinajstić information content (AvgIpc) is 2.54. The minimum absolute atomic E-state index is 0.220. The Morgan fingerprint density at radius 3 is 2.52 bits per heavy atom. The van der Waals surface area contributed by atoms with Crippen LogP contribution in [-0.2, 0) is 4.79 Å². The Morgan fingerprint density at radius 1 is 1.10 bits per heavy atom. The number of para-hydroxylation sites is 1. The molecule has 0 heterocycles. The molecule has 2 aromatic carbocycles. The zero-order valence-corrected chi connectivity index (χ0v) is 11.4. The molecule has 0 unspecified atom stereocenters. The first kappa shape index (κ1) is 14.6. The van der Waals surface area contributed by atoms with E-state index in [1.54, 1.807) is 12.1 Å². The van der Waals surface area contributed by atoms with Gasteiger partial charge in [0.15, 0.2) is 18.1 Å². The summed E-state index contributed by atoms with van der Waals surface area (Å²) in [6.45, 7) is -0.220. The lowest BCUT2D eigenvalue weighted by atomic mass is 10.2. The standard InChI is InChI=1S/C16H14O5/c1-19-15-9-12(10-17)7-8-14(15)21-16(18)11-20-13-5-3-2-4-6-13/h2-10H,11H2,1H3. The monoisotopic (exact) mass is 286 g/mol. The van der Waals surface area contributed by atoms with Gasteiger partial charge in [0, 0.05) is 5.56 Å². The van der Waals surface area contributed by atoms with Gasteiger partial charge < -0.3 is 14.2 Å². The Morgan fingerprint density at radius 2 is 1.86 bits per heavy atom. The first-order valence-corrected chi connectivity index (χ1v) is 6.24. The van der Waals surface area contributed by atoms with Crippen molar-refractivity contribution in [3.8, 4) is 17.2 Å². The van der Waals surface area contributed by atoms with E-state index in [-0.39, 0.29) is 12.4 Å². The highest BCUT2D eigenvalue weighted by molar-refractivity contribution is 5.78. The van der Waals surface area contributed by atoms with Crippen molar-refractivity contribution >= 4 is 12.3 Å². The number of hydrogen-bond acceptors (Lipinski definition) is 5. The van der Waals surface area contributed by atoms with E-state index in [2.05, 4.69) is 0 Å². The quantitative estimate of drug-likeness (QED) is 0.464. The van der Waals surface area contributed by atoms with E-state index < -0.39 is 5.97 Å². The van der Waals surface area contributed by atoms with Gasteiger partial charge in [0.05, 0.1) is 7.11 Å². The summed E-state index contributed by atoms with van der Waals surface area (Å²) in [5.74, 6) is 0.575. The van der Waals surface area contributed by atoms with Gasteiger partial charge in [-0.1, -0.05) is 18.2 Å². The number of benzene rings is 2. The SMILES string of the molecule is COc1cc(C=O)ccc1OC(=O)COc1ccccc1. The molecule has 0 fully saturated rings. The molecule has 0 saturated heterocycles. The maximum atomic E-state index is 11.7. The number of hydrogen-bond donors (Lipinski definition) is 0. The fraction of sp³-hybridized carbons (Fsp3) is 0.125. The topological polar surface area (TPSA) is 61.8 Å². The zero-order valence-electron chi connectivity index (χ0n) is 11.4. The van der Waals surface area contributed by atoms with E-state index in [9.17, 15) is 9.59 Å². The zero-order chi connectivity index (χ0) is 15.1. The van der Waals surface area contributed by atoms with Crippen LogP contribution in [-0.4, -0.2) is 26.0 Å². The number of carbonyl (C=O) groups is 2. The third-order valence-electron chi connectivity index (χ3n) is 2.65. The fourth-order valence-corrected chi connectivity index (χ4v) is 1.65. The maximum Gasteiger partial charge on any atom is 0.349 e. The van der Waals surface area contributed by atoms with Gasteiger partial charge in [-0.3, -0.25) is 4.79 Å². The van der Waals surface area contributed by atoms with Crippen molar-refractivity contribution in [3.05, 3.63) is 54.1 Å². The Kier molecular flexibility index (Phi) is 4.93. The number of methoxy groups -OCH3 is 1. The summed E-state index contributed by atoms with van der Waals surface area (Å²) in [6, 6.07) is 13.5. The molecule has 2 rings (SSSR count). The molecule has 5 nitrogen and oxygen atoms in total. The normalized spacial score (nSPS) is 9.76. The second kappa shape index (κ2) is 7.09. The predicted molar refractivity (Wildman–Crippen MR) is 76.0 cm³/mol. The molecule has 0 atom stereocenters. The van der Waals surface area contributed by atoms with Crippen LogP contribution in [0.5, 0.6) is 17.2 Å². The van der Waals surface area contributed by atoms with Crippen molar-refractivity contribution in [1.82, 2.24) is 0 Å². The van der Waals surface area contributed by atoms with Gasteiger partial charge >= 0.3 is 5.97 Å². The maximum absolute atomic E-state index is 11.7. The van der Waals surface area contributed by atoms with Crippen LogP contribution >= 0.6 is 0 Å². The van der Waals surface area contributed by atoms with Crippen molar-refractivity contribution in [1.29, 1.82) is 0 Å². The minimum atomic E-state index is -0.559. The number of carbonyl (C=O) groups excluding carboxylic acids is 2. The van der Waals surface area contributed by atoms with E-state index in [0.29, 0.717) is 23.3 Å². The third-order valence-corrected chi connectivity index (χ3v) is 2.65. The first-order valence-electron chi connectivity index (χ1n) is 6.24. The largest absolute Gasteiger partial charge is 0.493 e. The van der Waals surface area contributed by atoms with Crippen LogP contribution in [0.3, 0.4) is 0 Å². The predicted octanol–water partition coefficient (Wildman–Crippen LogP) is 2.49. The van der Waals surface area contributed by atoms with Crippen LogP contribution in [0.25, 0.3) is 0 Å². The van der Waals surface area contributed by atoms with Gasteiger partial charge in [-0.05, 0) is 30.3 Å². The van der Waals surface area contributed by atoms with Crippen molar-refractivity contribution in [3.63, 3.8) is 0 Å². The molecule has 21 heavy (non-hydrogen) atoms. The molecule has 108 valence electrons. The molecule has 0 aliphatic carbocycles. The van der Waals surface area contributed by atoms with E-state index in [0.717, 1.165) is 0 Å². The molecule has 5 heteroatoms. The van der Waals surface area contributed by atoms with E-state index in [4.69, 9.17) is 14.2 Å². The molecular formula is C16H14O5. The third kappa shape index (κ3) is 4.07. The van der Waals surface area contributed by atoms with E-state index in [1.807, 2.05) is 18.2 Å². The molecule has 0 saturated carbocycles. The molecule has 0 amide bonds. The number of esters is 1. The van der Waals surface area contributed by atoms with E-state index in [1.165, 1.54) is 25.3 Å². The molecule has 0 spiro atoms. The summed E-state index contributed by atoms with van der Waals surface area (Å²) in [5.41, 5.74) is 0.437. The Balaban J connectivity index is 1.97. The fourth-order valence-electron chi connectivity index (χ4n) is 1.65. The van der Waals surface area contributed by atoms with E-state index >= 15 is 0 Å². The number of aldehydes is 1. The van der Waals surface area contributed by atoms with Crippen LogP contribution in [0.1, 0.15) is 10.4 Å². The van der Waals surface area contributed by atoms with Gasteiger partial charge in [0.25, 0.3) is 0 Å². The molecule has 0 bridgehead atoms. The molecular weight excluding hydrogens is 272 g/mol. The molecule has 0 radical (unpaired) electrons. The number of ether oxygens (including phenoxy) is 3. The summed E-state index contributed by atoms with van der Waals surface area (Å²) >= 11 is 0. The molecule has 0 aromatic heterocycles. The second-order valence-corrected chi connectivity index (χ2v) is 4.10. The lowest BCUT2D eigenvalue weighted by Crippen LogP contribution is -2.18. The van der Waals surface area contributed by atoms with Gasteiger partial charge in [-0.25, -0.2) is 4.79 Å². The summed E-state index contributed by atoms with van der Waals surface area (Å²) in [5, 5.41) is 0. The van der Waals surface area contributed by atoms with Gasteiger partial charge in [0.2, 0.25) is 0 Å². The lowest BCUT2D eigenvalue weighted by molar-refractivity contribution is -0.136. The summed E-state index contributed by atoms with van der Waals surface area (Å²) in [6.07, 6.45) is 0.687. The van der Waals surface area contributed by atoms with Gasteiger partial charge in [-0.15, -0.1) is 0 Å². The smallest absolute Gasteiger partial charge is 0.349 e. The lowest BCUT2D eigenvalue weighted by Gasteiger charge is -2.10. The van der Waals surface area contributed by atoms with Crippen LogP contribution < -0.4 is 14.2 Å². The van der Waals surface area contributed by atoms with Gasteiger partial charge in [-0.2, -0.15) is 0 Å². The minimum Gasteiger partial charge on any atom is -0.493 e. The van der Waals surface area contributed by atoms with Crippen molar-refractivity contribution in [2.45, 2.75) is 0 Å². The van der Waals surface area contributed by atoms with Crippen LogP contribution in [0.15, 0.2) is 48.5 Å². The Hall–Kier alpha value is -2.82. The summed E-state index contributed by atoms with van der Waals surface area (Å²) < 4.78 is 15.5. The van der Waals surface area contributed by atoms with Crippen LogP contribution in [0, 0.1) is 0 Å². The highest BCUT2D eigenvalue weighted by Crippen LogP contribution is 2.27. The van der Waals surface area contributed by atoms with Crippen molar-refractivity contribution in [2.24, 2.45) is 0 Å². The first-order chi connectivity index (χ1) is 10.2. The highest BCUT2D eigenvalue weighted by atomic mass is 16.6. The van der Waals surface area contributed by atoms with Crippen LogP contribution in [0.2, 0.25) is 0 Å². The Bertz CT molecular complexity index is 622. The molecule has 0 aliphatic heterocycles. The van der Waals surface area contributed by atoms with Gasteiger partial charge in [0.1, 0.15) is 12.0 Å². The Labute approximate surface area is 122 Å². The van der Waals surface area contributed by atoms with Crippen LogP contribution in [0.4, 0.5) is 0 Å². The summed E-state index contributed by atoms with van der Waals surface area (Å²) in [4.78, 5) is 22.4.